The fourth-order valence-electron chi connectivity index (χ4n) is 4.26. The fraction of sp³-hybridized carbons (Fsp3) is 0.478. The van der Waals surface area contributed by atoms with Crippen LogP contribution in [0, 0.1) is 0 Å². The first-order valence-electron chi connectivity index (χ1n) is 11.5. The van der Waals surface area contributed by atoms with Crippen LogP contribution in [0.2, 0.25) is 0 Å². The molecule has 1 aromatic carbocycles. The lowest BCUT2D eigenvalue weighted by atomic mass is 9.97. The Bertz CT molecular complexity index is 1300. The van der Waals surface area contributed by atoms with Gasteiger partial charge in [0.05, 0.1) is 18.4 Å². The number of carbonyl (C=O) groups excluding carboxylic acids is 2. The van der Waals surface area contributed by atoms with Crippen LogP contribution in [0.3, 0.4) is 0 Å². The van der Waals surface area contributed by atoms with Crippen molar-refractivity contribution < 1.29 is 31.9 Å². The van der Waals surface area contributed by atoms with Gasteiger partial charge in [-0.3, -0.25) is 19.3 Å². The van der Waals surface area contributed by atoms with E-state index in [1.165, 1.54) is 17.0 Å². The Balaban J connectivity index is 1.52. The van der Waals surface area contributed by atoms with Gasteiger partial charge in [0.1, 0.15) is 24.3 Å². The second-order valence-electron chi connectivity index (χ2n) is 9.63. The van der Waals surface area contributed by atoms with E-state index in [9.17, 15) is 18.0 Å². The molecule has 1 saturated heterocycles. The number of aryl methyl sites for hydroxylation is 1. The Morgan fingerprint density at radius 1 is 1.24 bits per heavy atom. The molecule has 0 spiro atoms. The summed E-state index contributed by atoms with van der Waals surface area (Å²) in [5.74, 6) is -1.92. The quantitative estimate of drug-likeness (QED) is 0.231. The first-order valence-corrected chi connectivity index (χ1v) is 13.1. The van der Waals surface area contributed by atoms with E-state index >= 15 is 0 Å². The highest BCUT2D eigenvalue weighted by Gasteiger charge is 2.52. The Kier molecular flexibility index (Phi) is 7.26. The molecule has 2 bridgehead atoms. The number of rotatable bonds is 8. The standard InChI is InChI=1S/C23H30N6O7S/c1-23(2,3)35-18(30)14-37(32,33)36-26-21(24-4)20-19-16(11-25-27(19)5)17-12-28(20)22(31)29(17)34-13-15-9-7-6-8-10-15/h6-11,17,20H,12-14H2,1-5H3,(H,24,26)/t17-,20-/m0/s1. The van der Waals surface area contributed by atoms with Crippen LogP contribution < -0.4 is 5.48 Å². The van der Waals surface area contributed by atoms with Gasteiger partial charge in [0.25, 0.3) is 10.1 Å². The zero-order valence-corrected chi connectivity index (χ0v) is 22.1. The molecule has 1 aromatic heterocycles. The molecule has 2 aliphatic rings. The zero-order valence-electron chi connectivity index (χ0n) is 21.2. The molecule has 0 radical (unpaired) electrons. The van der Waals surface area contributed by atoms with Gasteiger partial charge < -0.3 is 9.64 Å². The number of amidine groups is 1. The molecule has 2 amide bonds. The molecule has 0 unspecified atom stereocenters. The van der Waals surface area contributed by atoms with Crippen molar-refractivity contribution >= 4 is 28.0 Å². The van der Waals surface area contributed by atoms with Crippen molar-refractivity contribution in [1.29, 1.82) is 0 Å². The van der Waals surface area contributed by atoms with E-state index < -0.39 is 45.6 Å². The number of hydroxylamine groups is 3. The van der Waals surface area contributed by atoms with Gasteiger partial charge in [0.2, 0.25) is 0 Å². The van der Waals surface area contributed by atoms with Crippen LogP contribution in [0.1, 0.15) is 49.7 Å². The van der Waals surface area contributed by atoms with Crippen molar-refractivity contribution in [3.05, 3.63) is 53.3 Å². The highest BCUT2D eigenvalue weighted by Crippen LogP contribution is 2.44. The number of hydrogen-bond donors (Lipinski definition) is 1. The van der Waals surface area contributed by atoms with Gasteiger partial charge in [0.15, 0.2) is 11.6 Å². The molecule has 2 atom stereocenters. The number of aliphatic imine (C=N–C) groups is 1. The van der Waals surface area contributed by atoms with E-state index in [4.69, 9.17) is 13.9 Å². The molecule has 0 saturated carbocycles. The van der Waals surface area contributed by atoms with E-state index in [-0.39, 0.29) is 19.0 Å². The third kappa shape index (κ3) is 5.76. The summed E-state index contributed by atoms with van der Waals surface area (Å²) in [4.78, 5) is 36.9. The van der Waals surface area contributed by atoms with Crippen LogP contribution in [0.25, 0.3) is 0 Å². The summed E-state index contributed by atoms with van der Waals surface area (Å²) < 4.78 is 36.4. The number of fused-ring (bicyclic) bond motifs is 4. The second-order valence-corrected chi connectivity index (χ2v) is 11.2. The maximum absolute atomic E-state index is 13.4. The van der Waals surface area contributed by atoms with Gasteiger partial charge in [-0.15, -0.1) is 4.28 Å². The van der Waals surface area contributed by atoms with Gasteiger partial charge in [-0.25, -0.2) is 10.3 Å². The van der Waals surface area contributed by atoms with Crippen LogP contribution in [0.4, 0.5) is 4.79 Å². The molecule has 37 heavy (non-hydrogen) atoms. The number of ether oxygens (including phenoxy) is 1. The van der Waals surface area contributed by atoms with Crippen molar-refractivity contribution in [3.63, 3.8) is 0 Å². The van der Waals surface area contributed by atoms with E-state index in [0.29, 0.717) is 5.69 Å². The summed E-state index contributed by atoms with van der Waals surface area (Å²) in [6.45, 7) is 5.33. The number of amides is 2. The van der Waals surface area contributed by atoms with E-state index in [1.807, 2.05) is 30.3 Å². The van der Waals surface area contributed by atoms with E-state index in [1.54, 1.807) is 38.7 Å². The number of aromatic nitrogens is 2. The largest absolute Gasteiger partial charge is 0.459 e. The van der Waals surface area contributed by atoms with Gasteiger partial charge in [-0.05, 0) is 26.3 Å². The molecule has 200 valence electrons. The minimum absolute atomic E-state index is 0.0364. The third-order valence-electron chi connectivity index (χ3n) is 5.73. The van der Waals surface area contributed by atoms with Crippen LogP contribution in [-0.2, 0) is 42.4 Å². The molecule has 2 aliphatic heterocycles. The molecule has 1 fully saturated rings. The summed E-state index contributed by atoms with van der Waals surface area (Å²) >= 11 is 0. The molecule has 14 heteroatoms. The van der Waals surface area contributed by atoms with Gasteiger partial charge in [0, 0.05) is 19.7 Å². The van der Waals surface area contributed by atoms with Crippen molar-refractivity contribution in [3.8, 4) is 0 Å². The second kappa shape index (κ2) is 10.1. The predicted molar refractivity (Wildman–Crippen MR) is 131 cm³/mol. The lowest BCUT2D eigenvalue weighted by Crippen LogP contribution is -2.45. The first-order chi connectivity index (χ1) is 17.4. The summed E-state index contributed by atoms with van der Waals surface area (Å²) in [7, 11) is -1.23. The summed E-state index contributed by atoms with van der Waals surface area (Å²) in [5.41, 5.74) is 3.75. The maximum atomic E-state index is 13.4. The molecule has 1 N–H and O–H groups in total. The monoisotopic (exact) mass is 534 g/mol. The Morgan fingerprint density at radius 2 is 1.95 bits per heavy atom. The fourth-order valence-corrected chi connectivity index (χ4v) is 4.88. The Morgan fingerprint density at radius 3 is 2.59 bits per heavy atom. The summed E-state index contributed by atoms with van der Waals surface area (Å²) in [5, 5.41) is 5.64. The number of carbonyl (C=O) groups is 2. The molecule has 2 aromatic rings. The zero-order chi connectivity index (χ0) is 27.0. The van der Waals surface area contributed by atoms with Crippen molar-refractivity contribution in [2.24, 2.45) is 12.0 Å². The van der Waals surface area contributed by atoms with Gasteiger partial charge >= 0.3 is 12.0 Å². The lowest BCUT2D eigenvalue weighted by Gasteiger charge is -2.31. The normalized spacial score (nSPS) is 19.7. The van der Waals surface area contributed by atoms with Gasteiger partial charge in [-0.2, -0.15) is 18.6 Å². The highest BCUT2D eigenvalue weighted by molar-refractivity contribution is 7.87. The van der Waals surface area contributed by atoms with Crippen LogP contribution in [-0.4, -0.2) is 70.9 Å². The number of urea groups is 1. The number of benzene rings is 1. The smallest absolute Gasteiger partial charge is 0.345 e. The number of esters is 1. The summed E-state index contributed by atoms with van der Waals surface area (Å²) in [6.07, 6.45) is 1.65. The number of nitrogens with zero attached hydrogens (tertiary/aromatic N) is 5. The number of nitrogens with one attached hydrogen (secondary N) is 1. The molecule has 4 rings (SSSR count). The van der Waals surface area contributed by atoms with Crippen molar-refractivity contribution in [2.45, 2.75) is 45.1 Å². The highest BCUT2D eigenvalue weighted by atomic mass is 32.2. The first kappa shape index (κ1) is 26.6. The predicted octanol–water partition coefficient (Wildman–Crippen LogP) is 1.61. The topological polar surface area (TPSA) is 145 Å². The van der Waals surface area contributed by atoms with E-state index in [2.05, 4.69) is 15.6 Å². The lowest BCUT2D eigenvalue weighted by molar-refractivity contribution is -0.151. The average molecular weight is 535 g/mol. The van der Waals surface area contributed by atoms with Crippen molar-refractivity contribution in [2.75, 3.05) is 19.3 Å². The minimum Gasteiger partial charge on any atom is -0.459 e. The summed E-state index contributed by atoms with van der Waals surface area (Å²) in [6, 6.07) is 7.79. The maximum Gasteiger partial charge on any atom is 0.345 e. The van der Waals surface area contributed by atoms with Gasteiger partial charge in [-0.1, -0.05) is 30.3 Å². The van der Waals surface area contributed by atoms with E-state index in [0.717, 1.165) is 11.1 Å². The van der Waals surface area contributed by atoms with Crippen LogP contribution in [0.5, 0.6) is 0 Å². The SMILES string of the molecule is CN=C(NOS(=O)(=O)CC(=O)OC(C)(C)C)[C@@H]1c2c(cnn2C)[C@@H]2CN1C(=O)N2OCc1ccccc1. The number of hydrogen-bond acceptors (Lipinski definition) is 9. The Hall–Kier alpha value is -3.49. The third-order valence-corrected chi connectivity index (χ3v) is 6.66. The minimum atomic E-state index is -4.38. The van der Waals surface area contributed by atoms with Crippen LogP contribution in [0.15, 0.2) is 41.5 Å². The average Bonchev–Trinajstić information content (AvgIpc) is 3.32. The van der Waals surface area contributed by atoms with Crippen LogP contribution >= 0.6 is 0 Å². The molecule has 3 heterocycles. The molecular formula is C23H30N6O7S. The molecular weight excluding hydrogens is 504 g/mol. The molecule has 0 aliphatic carbocycles. The molecule has 13 nitrogen and oxygen atoms in total. The van der Waals surface area contributed by atoms with Crippen molar-refractivity contribution in [1.82, 2.24) is 25.2 Å². The Labute approximate surface area is 215 Å².